The van der Waals surface area contributed by atoms with Crippen LogP contribution in [-0.2, 0) is 4.74 Å². The zero-order valence-corrected chi connectivity index (χ0v) is 6.93. The first kappa shape index (κ1) is 7.83. The molecule has 0 bridgehead atoms. The molecule has 0 fully saturated rings. The van der Waals surface area contributed by atoms with Crippen molar-refractivity contribution >= 4 is 11.6 Å². The van der Waals surface area contributed by atoms with Crippen LogP contribution >= 0.6 is 11.6 Å². The molecule has 56 valence electrons. The van der Waals surface area contributed by atoms with Crippen molar-refractivity contribution in [2.45, 2.75) is 13.0 Å². The molecule has 2 atom stereocenters. The van der Waals surface area contributed by atoms with Gasteiger partial charge in [-0.05, 0) is 6.08 Å². The minimum Gasteiger partial charge on any atom is -0.377 e. The topological polar surface area (TPSA) is 9.23 Å². The van der Waals surface area contributed by atoms with Gasteiger partial charge in [0, 0.05) is 18.1 Å². The van der Waals surface area contributed by atoms with Crippen LogP contribution in [0, 0.1) is 5.92 Å². The van der Waals surface area contributed by atoms with Gasteiger partial charge in [-0.3, -0.25) is 0 Å². The Hall–Kier alpha value is -0.270. The molecule has 1 aliphatic rings. The average molecular weight is 159 g/mol. The molecule has 0 aliphatic heterocycles. The SMILES string of the molecule is CO[C@@H]1C=CC(Cl)=CC1C. The van der Waals surface area contributed by atoms with Crippen LogP contribution < -0.4 is 0 Å². The highest BCUT2D eigenvalue weighted by molar-refractivity contribution is 6.31. The quantitative estimate of drug-likeness (QED) is 0.569. The largest absolute Gasteiger partial charge is 0.377 e. The minimum atomic E-state index is 0.197. The summed E-state index contributed by atoms with van der Waals surface area (Å²) in [6.07, 6.45) is 6.04. The number of methoxy groups -OCH3 is 1. The molecule has 0 aromatic rings. The lowest BCUT2D eigenvalue weighted by molar-refractivity contribution is 0.111. The lowest BCUT2D eigenvalue weighted by atomic mass is 10.00. The van der Waals surface area contributed by atoms with E-state index in [9.17, 15) is 0 Å². The fraction of sp³-hybridized carbons (Fsp3) is 0.500. The Morgan fingerprint density at radius 2 is 2.30 bits per heavy atom. The van der Waals surface area contributed by atoms with Crippen molar-refractivity contribution in [2.75, 3.05) is 7.11 Å². The second-order valence-electron chi connectivity index (χ2n) is 2.47. The van der Waals surface area contributed by atoms with Crippen LogP contribution in [0.5, 0.6) is 0 Å². The third-order valence-corrected chi connectivity index (χ3v) is 1.91. The van der Waals surface area contributed by atoms with Gasteiger partial charge in [0.2, 0.25) is 0 Å². The third kappa shape index (κ3) is 1.61. The number of hydrogen-bond acceptors (Lipinski definition) is 1. The van der Waals surface area contributed by atoms with Gasteiger partial charge >= 0.3 is 0 Å². The predicted octanol–water partition coefficient (Wildman–Crippen LogP) is 2.33. The van der Waals surface area contributed by atoms with E-state index in [1.807, 2.05) is 18.2 Å². The van der Waals surface area contributed by atoms with Crippen molar-refractivity contribution in [2.24, 2.45) is 5.92 Å². The monoisotopic (exact) mass is 158 g/mol. The van der Waals surface area contributed by atoms with E-state index in [4.69, 9.17) is 16.3 Å². The van der Waals surface area contributed by atoms with E-state index in [0.717, 1.165) is 5.03 Å². The molecule has 0 aromatic heterocycles. The summed E-state index contributed by atoms with van der Waals surface area (Å²) in [5, 5.41) is 0.806. The smallest absolute Gasteiger partial charge is 0.0816 e. The second-order valence-corrected chi connectivity index (χ2v) is 2.91. The summed E-state index contributed by atoms with van der Waals surface area (Å²) >= 11 is 5.75. The zero-order valence-electron chi connectivity index (χ0n) is 6.17. The van der Waals surface area contributed by atoms with Crippen LogP contribution in [0.2, 0.25) is 0 Å². The molecule has 0 saturated carbocycles. The fourth-order valence-electron chi connectivity index (χ4n) is 1.06. The van der Waals surface area contributed by atoms with Crippen molar-refractivity contribution in [1.82, 2.24) is 0 Å². The van der Waals surface area contributed by atoms with Gasteiger partial charge in [-0.2, -0.15) is 0 Å². The summed E-state index contributed by atoms with van der Waals surface area (Å²) in [5.74, 6) is 0.391. The fourth-order valence-corrected chi connectivity index (χ4v) is 1.33. The van der Waals surface area contributed by atoms with E-state index >= 15 is 0 Å². The zero-order chi connectivity index (χ0) is 7.56. The van der Waals surface area contributed by atoms with Crippen molar-refractivity contribution in [3.8, 4) is 0 Å². The van der Waals surface area contributed by atoms with Gasteiger partial charge in [-0.1, -0.05) is 30.7 Å². The highest BCUT2D eigenvalue weighted by Crippen LogP contribution is 2.20. The molecular weight excluding hydrogens is 148 g/mol. The molecule has 0 heterocycles. The molecule has 1 nitrogen and oxygen atoms in total. The van der Waals surface area contributed by atoms with Gasteiger partial charge in [0.1, 0.15) is 0 Å². The van der Waals surface area contributed by atoms with Gasteiger partial charge in [0.05, 0.1) is 6.10 Å². The minimum absolute atomic E-state index is 0.197. The van der Waals surface area contributed by atoms with Crippen LogP contribution in [0.15, 0.2) is 23.3 Å². The Bertz CT molecular complexity index is 172. The Morgan fingerprint density at radius 3 is 2.80 bits per heavy atom. The van der Waals surface area contributed by atoms with Gasteiger partial charge in [0.25, 0.3) is 0 Å². The lowest BCUT2D eigenvalue weighted by Gasteiger charge is -2.19. The number of rotatable bonds is 1. The predicted molar refractivity (Wildman–Crippen MR) is 43.0 cm³/mol. The first-order valence-electron chi connectivity index (χ1n) is 3.32. The van der Waals surface area contributed by atoms with E-state index in [-0.39, 0.29) is 6.10 Å². The van der Waals surface area contributed by atoms with Gasteiger partial charge < -0.3 is 4.74 Å². The summed E-state index contributed by atoms with van der Waals surface area (Å²) < 4.78 is 5.16. The number of allylic oxidation sites excluding steroid dienone is 2. The maximum Gasteiger partial charge on any atom is 0.0816 e. The first-order valence-corrected chi connectivity index (χ1v) is 3.70. The number of hydrogen-bond donors (Lipinski definition) is 0. The van der Waals surface area contributed by atoms with Crippen molar-refractivity contribution in [3.63, 3.8) is 0 Å². The Balaban J connectivity index is 2.64. The molecular formula is C8H11ClO. The van der Waals surface area contributed by atoms with Gasteiger partial charge in [-0.25, -0.2) is 0 Å². The molecule has 0 spiro atoms. The van der Waals surface area contributed by atoms with Crippen LogP contribution in [-0.4, -0.2) is 13.2 Å². The molecule has 0 amide bonds. The van der Waals surface area contributed by atoms with E-state index < -0.39 is 0 Å². The van der Waals surface area contributed by atoms with Crippen molar-refractivity contribution in [3.05, 3.63) is 23.3 Å². The highest BCUT2D eigenvalue weighted by Gasteiger charge is 2.14. The molecule has 0 N–H and O–H groups in total. The average Bonchev–Trinajstić information content (AvgIpc) is 1.88. The maximum absolute atomic E-state index is 5.75. The highest BCUT2D eigenvalue weighted by atomic mass is 35.5. The number of ether oxygens (including phenoxy) is 1. The van der Waals surface area contributed by atoms with E-state index in [1.165, 1.54) is 0 Å². The third-order valence-electron chi connectivity index (χ3n) is 1.66. The summed E-state index contributed by atoms with van der Waals surface area (Å²) in [6, 6.07) is 0. The summed E-state index contributed by atoms with van der Waals surface area (Å²) in [5.41, 5.74) is 0. The Kier molecular flexibility index (Phi) is 2.52. The summed E-state index contributed by atoms with van der Waals surface area (Å²) in [4.78, 5) is 0. The van der Waals surface area contributed by atoms with E-state index in [2.05, 4.69) is 6.92 Å². The Labute approximate surface area is 66.3 Å². The summed E-state index contributed by atoms with van der Waals surface area (Å²) in [6.45, 7) is 2.08. The van der Waals surface area contributed by atoms with Crippen LogP contribution in [0.25, 0.3) is 0 Å². The van der Waals surface area contributed by atoms with E-state index in [0.29, 0.717) is 5.92 Å². The Morgan fingerprint density at radius 1 is 1.60 bits per heavy atom. The van der Waals surface area contributed by atoms with Crippen LogP contribution in [0.3, 0.4) is 0 Å². The van der Waals surface area contributed by atoms with Crippen molar-refractivity contribution in [1.29, 1.82) is 0 Å². The second kappa shape index (κ2) is 3.22. The van der Waals surface area contributed by atoms with Crippen LogP contribution in [0.1, 0.15) is 6.92 Å². The molecule has 1 rings (SSSR count). The van der Waals surface area contributed by atoms with Gasteiger partial charge in [0.15, 0.2) is 0 Å². The number of halogens is 1. The van der Waals surface area contributed by atoms with Crippen molar-refractivity contribution < 1.29 is 4.74 Å². The summed E-state index contributed by atoms with van der Waals surface area (Å²) in [7, 11) is 1.71. The molecule has 1 unspecified atom stereocenters. The normalized spacial score (nSPS) is 32.1. The molecule has 1 aliphatic carbocycles. The molecule has 0 aromatic carbocycles. The standard InChI is InChI=1S/C8H11ClO/c1-6-5-7(9)3-4-8(6)10-2/h3-6,8H,1-2H3/t6?,8-/m1/s1. The molecule has 0 radical (unpaired) electrons. The lowest BCUT2D eigenvalue weighted by Crippen LogP contribution is -2.17. The maximum atomic E-state index is 5.75. The van der Waals surface area contributed by atoms with E-state index in [1.54, 1.807) is 7.11 Å². The van der Waals surface area contributed by atoms with Crippen LogP contribution in [0.4, 0.5) is 0 Å². The molecule has 0 saturated heterocycles. The molecule has 2 heteroatoms. The van der Waals surface area contributed by atoms with Gasteiger partial charge in [-0.15, -0.1) is 0 Å². The molecule has 10 heavy (non-hydrogen) atoms. The first-order chi connectivity index (χ1) is 4.74.